The van der Waals surface area contributed by atoms with Crippen LogP contribution < -0.4 is 4.74 Å². The molecular weight excluding hydrogens is 323 g/mol. The summed E-state index contributed by atoms with van der Waals surface area (Å²) in [6, 6.07) is 8.07. The average Bonchev–Trinajstić information content (AvgIpc) is 2.39. The van der Waals surface area contributed by atoms with Gasteiger partial charge in [-0.25, -0.2) is 4.39 Å². The Morgan fingerprint density at radius 1 is 1.20 bits per heavy atom. The standard InChI is InChI=1S/C16H14BrFO2/c1-10-5-12(8-19)6-11(2)16(10)20-9-13-3-4-14(18)7-15(13)17/h3-8H,9H2,1-2H3. The van der Waals surface area contributed by atoms with Crippen molar-refractivity contribution in [3.63, 3.8) is 0 Å². The molecule has 0 spiro atoms. The molecule has 20 heavy (non-hydrogen) atoms. The third kappa shape index (κ3) is 3.25. The lowest BCUT2D eigenvalue weighted by molar-refractivity contribution is 0.112. The van der Waals surface area contributed by atoms with E-state index in [2.05, 4.69) is 15.9 Å². The Morgan fingerprint density at radius 3 is 2.40 bits per heavy atom. The summed E-state index contributed by atoms with van der Waals surface area (Å²) >= 11 is 3.31. The molecule has 0 fully saturated rings. The number of aryl methyl sites for hydroxylation is 2. The molecule has 2 nitrogen and oxygen atoms in total. The van der Waals surface area contributed by atoms with Gasteiger partial charge in [0.2, 0.25) is 0 Å². The number of ether oxygens (including phenoxy) is 1. The Kier molecular flexibility index (Phi) is 4.55. The molecule has 0 heterocycles. The van der Waals surface area contributed by atoms with E-state index in [9.17, 15) is 9.18 Å². The van der Waals surface area contributed by atoms with Crippen molar-refractivity contribution in [1.82, 2.24) is 0 Å². The van der Waals surface area contributed by atoms with E-state index in [0.29, 0.717) is 16.6 Å². The van der Waals surface area contributed by atoms with Crippen molar-refractivity contribution >= 4 is 22.2 Å². The minimum absolute atomic E-state index is 0.289. The lowest BCUT2D eigenvalue weighted by Gasteiger charge is -2.13. The van der Waals surface area contributed by atoms with Gasteiger partial charge in [-0.3, -0.25) is 4.79 Å². The molecule has 0 saturated heterocycles. The molecule has 0 amide bonds. The lowest BCUT2D eigenvalue weighted by atomic mass is 10.1. The lowest BCUT2D eigenvalue weighted by Crippen LogP contribution is -2.01. The Balaban J connectivity index is 2.21. The van der Waals surface area contributed by atoms with Crippen LogP contribution in [0.3, 0.4) is 0 Å². The normalized spacial score (nSPS) is 10.4. The highest BCUT2D eigenvalue weighted by atomic mass is 79.9. The molecule has 2 aromatic rings. The third-order valence-electron chi connectivity index (χ3n) is 3.01. The monoisotopic (exact) mass is 336 g/mol. The molecule has 104 valence electrons. The van der Waals surface area contributed by atoms with Gasteiger partial charge >= 0.3 is 0 Å². The highest BCUT2D eigenvalue weighted by Crippen LogP contribution is 2.26. The number of carbonyl (C=O) groups excluding carboxylic acids is 1. The van der Waals surface area contributed by atoms with E-state index in [4.69, 9.17) is 4.74 Å². The van der Waals surface area contributed by atoms with Crippen LogP contribution in [-0.2, 0) is 6.61 Å². The van der Waals surface area contributed by atoms with E-state index >= 15 is 0 Å². The zero-order chi connectivity index (χ0) is 14.7. The smallest absolute Gasteiger partial charge is 0.150 e. The fourth-order valence-electron chi connectivity index (χ4n) is 2.07. The Labute approximate surface area is 125 Å². The van der Waals surface area contributed by atoms with Crippen LogP contribution >= 0.6 is 15.9 Å². The molecule has 0 atom stereocenters. The van der Waals surface area contributed by atoms with Crippen molar-refractivity contribution in [3.8, 4) is 5.75 Å². The largest absolute Gasteiger partial charge is 0.488 e. The van der Waals surface area contributed by atoms with Crippen LogP contribution in [0, 0.1) is 19.7 Å². The number of carbonyl (C=O) groups is 1. The number of halogens is 2. The Bertz CT molecular complexity index is 630. The molecule has 4 heteroatoms. The second kappa shape index (κ2) is 6.18. The molecule has 0 saturated carbocycles. The number of hydrogen-bond donors (Lipinski definition) is 0. The molecule has 2 aromatic carbocycles. The summed E-state index contributed by atoms with van der Waals surface area (Å²) in [6.07, 6.45) is 0.820. The Hall–Kier alpha value is -1.68. The van der Waals surface area contributed by atoms with Crippen molar-refractivity contribution in [2.24, 2.45) is 0 Å². The molecule has 0 aliphatic carbocycles. The van der Waals surface area contributed by atoms with Crippen LogP contribution in [0.4, 0.5) is 4.39 Å². The van der Waals surface area contributed by atoms with E-state index in [1.54, 1.807) is 18.2 Å². The van der Waals surface area contributed by atoms with Crippen LogP contribution in [0.5, 0.6) is 5.75 Å². The first-order valence-corrected chi connectivity index (χ1v) is 6.93. The predicted molar refractivity (Wildman–Crippen MR) is 79.7 cm³/mol. The third-order valence-corrected chi connectivity index (χ3v) is 3.74. The maximum absolute atomic E-state index is 13.0. The zero-order valence-electron chi connectivity index (χ0n) is 11.2. The van der Waals surface area contributed by atoms with Crippen LogP contribution in [0.25, 0.3) is 0 Å². The molecule has 0 aliphatic rings. The van der Waals surface area contributed by atoms with Gasteiger partial charge in [0.25, 0.3) is 0 Å². The number of benzene rings is 2. The highest BCUT2D eigenvalue weighted by molar-refractivity contribution is 9.10. The average molecular weight is 337 g/mol. The molecule has 0 aliphatic heterocycles. The van der Waals surface area contributed by atoms with Crippen LogP contribution in [0.1, 0.15) is 27.0 Å². The minimum atomic E-state index is -0.289. The van der Waals surface area contributed by atoms with Gasteiger partial charge in [-0.2, -0.15) is 0 Å². The molecule has 0 bridgehead atoms. The summed E-state index contributed by atoms with van der Waals surface area (Å²) in [7, 11) is 0. The van der Waals surface area contributed by atoms with E-state index in [-0.39, 0.29) is 5.82 Å². The van der Waals surface area contributed by atoms with Crippen LogP contribution in [-0.4, -0.2) is 6.29 Å². The summed E-state index contributed by atoms with van der Waals surface area (Å²) in [5, 5.41) is 0. The first-order valence-electron chi connectivity index (χ1n) is 6.14. The summed E-state index contributed by atoms with van der Waals surface area (Å²) < 4.78 is 19.5. The van der Waals surface area contributed by atoms with E-state index in [1.165, 1.54) is 12.1 Å². The zero-order valence-corrected chi connectivity index (χ0v) is 12.8. The van der Waals surface area contributed by atoms with Gasteiger partial charge in [-0.15, -0.1) is 0 Å². The second-order valence-electron chi connectivity index (χ2n) is 4.63. The molecule has 0 aromatic heterocycles. The van der Waals surface area contributed by atoms with Gasteiger partial charge in [0.15, 0.2) is 0 Å². The fourth-order valence-corrected chi connectivity index (χ4v) is 2.53. The van der Waals surface area contributed by atoms with Crippen molar-refractivity contribution in [2.75, 3.05) is 0 Å². The summed E-state index contributed by atoms with van der Waals surface area (Å²) in [6.45, 7) is 4.13. The molecule has 0 N–H and O–H groups in total. The fraction of sp³-hybridized carbons (Fsp3) is 0.188. The minimum Gasteiger partial charge on any atom is -0.488 e. The van der Waals surface area contributed by atoms with E-state index in [1.807, 2.05) is 13.8 Å². The van der Waals surface area contributed by atoms with Crippen molar-refractivity contribution < 1.29 is 13.9 Å². The van der Waals surface area contributed by atoms with Gasteiger partial charge < -0.3 is 4.74 Å². The first-order chi connectivity index (χ1) is 9.51. The highest BCUT2D eigenvalue weighted by Gasteiger charge is 2.08. The topological polar surface area (TPSA) is 26.3 Å². The van der Waals surface area contributed by atoms with Crippen molar-refractivity contribution in [3.05, 3.63) is 62.9 Å². The van der Waals surface area contributed by atoms with Gasteiger partial charge in [-0.05, 0) is 49.2 Å². The van der Waals surface area contributed by atoms with Crippen LogP contribution in [0.15, 0.2) is 34.8 Å². The Morgan fingerprint density at radius 2 is 1.85 bits per heavy atom. The molecule has 2 rings (SSSR count). The summed E-state index contributed by atoms with van der Waals surface area (Å²) in [4.78, 5) is 10.8. The van der Waals surface area contributed by atoms with Crippen molar-refractivity contribution in [1.29, 1.82) is 0 Å². The first kappa shape index (κ1) is 14.7. The van der Waals surface area contributed by atoms with Gasteiger partial charge in [0, 0.05) is 15.6 Å². The van der Waals surface area contributed by atoms with E-state index in [0.717, 1.165) is 28.7 Å². The van der Waals surface area contributed by atoms with Crippen LogP contribution in [0.2, 0.25) is 0 Å². The maximum Gasteiger partial charge on any atom is 0.150 e. The molecule has 0 radical (unpaired) electrons. The quantitative estimate of drug-likeness (QED) is 0.763. The molecule has 0 unspecified atom stereocenters. The summed E-state index contributed by atoms with van der Waals surface area (Å²) in [5.74, 6) is 0.468. The maximum atomic E-state index is 13.0. The van der Waals surface area contributed by atoms with Gasteiger partial charge in [0.05, 0.1) is 0 Å². The number of rotatable bonds is 4. The van der Waals surface area contributed by atoms with Crippen molar-refractivity contribution in [2.45, 2.75) is 20.5 Å². The number of hydrogen-bond acceptors (Lipinski definition) is 2. The van der Waals surface area contributed by atoms with Gasteiger partial charge in [0.1, 0.15) is 24.5 Å². The molecular formula is C16H14BrFO2. The second-order valence-corrected chi connectivity index (χ2v) is 5.48. The van der Waals surface area contributed by atoms with Gasteiger partial charge in [-0.1, -0.05) is 22.0 Å². The predicted octanol–water partition coefficient (Wildman–Crippen LogP) is 4.60. The SMILES string of the molecule is Cc1cc(C=O)cc(C)c1OCc1ccc(F)cc1Br. The summed E-state index contributed by atoms with van der Waals surface area (Å²) in [5.41, 5.74) is 3.32. The van der Waals surface area contributed by atoms with E-state index < -0.39 is 0 Å². The number of aldehydes is 1.